The summed E-state index contributed by atoms with van der Waals surface area (Å²) in [7, 11) is 0. The van der Waals surface area contributed by atoms with Gasteiger partial charge in [0.05, 0.1) is 12.7 Å². The van der Waals surface area contributed by atoms with Gasteiger partial charge in [0.25, 0.3) is 5.91 Å². The molecule has 6 nitrogen and oxygen atoms in total. The second kappa shape index (κ2) is 6.53. The molecular weight excluding hydrogens is 292 g/mol. The molecule has 0 atom stereocenters. The van der Waals surface area contributed by atoms with Crippen molar-refractivity contribution < 1.29 is 4.79 Å². The number of hydrogen-bond acceptors (Lipinski definition) is 3. The molecule has 2 N–H and O–H groups in total. The standard InChI is InChI=1S/C17H18N4O2/c1-2-3-7-18-17(23)14-10-19-16(8-15(14)22)21-11-13(9-20-21)12-5-4-6-12/h8-12H,4-7H2,1H3,(H,18,23)(H,19,22). The molecule has 0 aromatic carbocycles. The quantitative estimate of drug-likeness (QED) is 0.842. The second-order valence-corrected chi connectivity index (χ2v) is 5.55. The fourth-order valence-corrected chi connectivity index (χ4v) is 2.50. The Morgan fingerprint density at radius 2 is 2.35 bits per heavy atom. The SMILES string of the molecule is CC#CCNC(=O)c1c[nH]c(-n2cc(C3CCC3)cn2)cc1=O. The fourth-order valence-electron chi connectivity index (χ4n) is 2.50. The van der Waals surface area contributed by atoms with Gasteiger partial charge in [0, 0.05) is 18.5 Å². The van der Waals surface area contributed by atoms with E-state index in [1.165, 1.54) is 37.1 Å². The van der Waals surface area contributed by atoms with Crippen molar-refractivity contribution in [1.82, 2.24) is 20.1 Å². The number of aromatic amines is 1. The molecule has 6 heteroatoms. The van der Waals surface area contributed by atoms with Gasteiger partial charge in [0.2, 0.25) is 0 Å². The van der Waals surface area contributed by atoms with Crippen LogP contribution in [0.3, 0.4) is 0 Å². The van der Waals surface area contributed by atoms with E-state index in [9.17, 15) is 9.59 Å². The molecule has 1 aliphatic rings. The normalized spacial score (nSPS) is 13.8. The summed E-state index contributed by atoms with van der Waals surface area (Å²) in [5.74, 6) is 6.10. The molecule has 3 rings (SSSR count). The summed E-state index contributed by atoms with van der Waals surface area (Å²) in [6.07, 6.45) is 8.85. The van der Waals surface area contributed by atoms with E-state index in [-0.39, 0.29) is 17.5 Å². The number of rotatable bonds is 4. The number of aromatic nitrogens is 3. The summed E-state index contributed by atoms with van der Waals surface area (Å²) < 4.78 is 1.64. The number of nitrogens with zero attached hydrogens (tertiary/aromatic N) is 2. The van der Waals surface area contributed by atoms with Gasteiger partial charge in [0.15, 0.2) is 5.43 Å². The van der Waals surface area contributed by atoms with Gasteiger partial charge in [-0.25, -0.2) is 4.68 Å². The van der Waals surface area contributed by atoms with Gasteiger partial charge in [0.1, 0.15) is 11.4 Å². The van der Waals surface area contributed by atoms with Crippen molar-refractivity contribution in [2.45, 2.75) is 32.1 Å². The third-order valence-electron chi connectivity index (χ3n) is 4.08. The molecule has 2 aromatic rings. The minimum Gasteiger partial charge on any atom is -0.346 e. The minimum atomic E-state index is -0.434. The van der Waals surface area contributed by atoms with Crippen molar-refractivity contribution in [2.75, 3.05) is 6.54 Å². The Bertz CT molecular complexity index is 834. The van der Waals surface area contributed by atoms with E-state index in [0.29, 0.717) is 11.7 Å². The largest absolute Gasteiger partial charge is 0.346 e. The lowest BCUT2D eigenvalue weighted by atomic mass is 9.81. The Morgan fingerprint density at radius 1 is 1.52 bits per heavy atom. The highest BCUT2D eigenvalue weighted by atomic mass is 16.2. The maximum absolute atomic E-state index is 12.1. The Labute approximate surface area is 133 Å². The first kappa shape index (κ1) is 15.1. The van der Waals surface area contributed by atoms with Crippen LogP contribution < -0.4 is 10.7 Å². The van der Waals surface area contributed by atoms with E-state index >= 15 is 0 Å². The number of H-pyrrole nitrogens is 1. The molecule has 118 valence electrons. The summed E-state index contributed by atoms with van der Waals surface area (Å²) in [5, 5.41) is 6.87. The first-order valence-corrected chi connectivity index (χ1v) is 7.64. The summed E-state index contributed by atoms with van der Waals surface area (Å²) in [5.41, 5.74) is 0.913. The minimum absolute atomic E-state index is 0.0676. The van der Waals surface area contributed by atoms with E-state index < -0.39 is 5.91 Å². The zero-order valence-corrected chi connectivity index (χ0v) is 12.9. The molecule has 0 spiro atoms. The van der Waals surface area contributed by atoms with Gasteiger partial charge in [-0.05, 0) is 31.2 Å². The number of nitrogens with one attached hydrogen (secondary N) is 2. The van der Waals surface area contributed by atoms with Gasteiger partial charge in [-0.1, -0.05) is 12.3 Å². The van der Waals surface area contributed by atoms with E-state index in [1.54, 1.807) is 11.6 Å². The predicted molar refractivity (Wildman–Crippen MR) is 86.6 cm³/mol. The van der Waals surface area contributed by atoms with Crippen LogP contribution in [0.4, 0.5) is 0 Å². The lowest BCUT2D eigenvalue weighted by molar-refractivity contribution is 0.0957. The Hall–Kier alpha value is -2.81. The average molecular weight is 310 g/mol. The molecule has 23 heavy (non-hydrogen) atoms. The lowest BCUT2D eigenvalue weighted by Crippen LogP contribution is -2.29. The van der Waals surface area contributed by atoms with Crippen molar-refractivity contribution in [2.24, 2.45) is 0 Å². The number of carbonyl (C=O) groups excluding carboxylic acids is 1. The van der Waals surface area contributed by atoms with E-state index in [0.717, 1.165) is 0 Å². The first-order valence-electron chi connectivity index (χ1n) is 7.64. The number of amides is 1. The van der Waals surface area contributed by atoms with E-state index in [2.05, 4.69) is 27.2 Å². The monoisotopic (exact) mass is 310 g/mol. The van der Waals surface area contributed by atoms with Crippen molar-refractivity contribution in [3.8, 4) is 17.7 Å². The highest BCUT2D eigenvalue weighted by molar-refractivity contribution is 5.94. The van der Waals surface area contributed by atoms with Crippen molar-refractivity contribution in [3.05, 3.63) is 46.0 Å². The van der Waals surface area contributed by atoms with Crippen molar-refractivity contribution >= 4 is 5.91 Å². The third kappa shape index (κ3) is 3.19. The zero-order valence-electron chi connectivity index (χ0n) is 12.9. The maximum atomic E-state index is 12.1. The average Bonchev–Trinajstić information content (AvgIpc) is 2.94. The third-order valence-corrected chi connectivity index (χ3v) is 4.08. The van der Waals surface area contributed by atoms with Gasteiger partial charge in [-0.2, -0.15) is 5.10 Å². The van der Waals surface area contributed by atoms with Crippen LogP contribution in [0.25, 0.3) is 5.82 Å². The van der Waals surface area contributed by atoms with Crippen LogP contribution in [0.1, 0.15) is 48.0 Å². The van der Waals surface area contributed by atoms with Crippen molar-refractivity contribution in [3.63, 3.8) is 0 Å². The molecule has 0 saturated heterocycles. The second-order valence-electron chi connectivity index (χ2n) is 5.55. The summed E-state index contributed by atoms with van der Waals surface area (Å²) in [4.78, 5) is 27.0. The zero-order chi connectivity index (χ0) is 16.2. The van der Waals surface area contributed by atoms with Gasteiger partial charge >= 0.3 is 0 Å². The molecule has 2 aromatic heterocycles. The first-order chi connectivity index (χ1) is 11.2. The molecule has 0 aliphatic heterocycles. The van der Waals surface area contributed by atoms with Crippen LogP contribution in [0.2, 0.25) is 0 Å². The van der Waals surface area contributed by atoms with Gasteiger partial charge < -0.3 is 10.3 Å². The molecule has 1 aliphatic carbocycles. The fraction of sp³-hybridized carbons (Fsp3) is 0.353. The molecule has 1 fully saturated rings. The molecule has 0 radical (unpaired) electrons. The van der Waals surface area contributed by atoms with Crippen LogP contribution in [-0.4, -0.2) is 27.2 Å². The molecule has 0 unspecified atom stereocenters. The Balaban J connectivity index is 1.78. The van der Waals surface area contributed by atoms with E-state index in [4.69, 9.17) is 0 Å². The smallest absolute Gasteiger partial charge is 0.257 e. The van der Waals surface area contributed by atoms with Gasteiger partial charge in [-0.3, -0.25) is 9.59 Å². The molecule has 1 amide bonds. The maximum Gasteiger partial charge on any atom is 0.257 e. The topological polar surface area (TPSA) is 79.8 Å². The molecule has 1 saturated carbocycles. The van der Waals surface area contributed by atoms with Crippen LogP contribution in [0.5, 0.6) is 0 Å². The lowest BCUT2D eigenvalue weighted by Gasteiger charge is -2.23. The predicted octanol–water partition coefficient (Wildman–Crippen LogP) is 1.58. The molecular formula is C17H18N4O2. The van der Waals surface area contributed by atoms with Crippen LogP contribution in [-0.2, 0) is 0 Å². The number of carbonyl (C=O) groups is 1. The number of hydrogen-bond donors (Lipinski definition) is 2. The van der Waals surface area contributed by atoms with Gasteiger partial charge in [-0.15, -0.1) is 5.92 Å². The Morgan fingerprint density at radius 3 is 3.00 bits per heavy atom. The highest BCUT2D eigenvalue weighted by Gasteiger charge is 2.21. The summed E-state index contributed by atoms with van der Waals surface area (Å²) >= 11 is 0. The van der Waals surface area contributed by atoms with Crippen LogP contribution in [0.15, 0.2) is 29.5 Å². The van der Waals surface area contributed by atoms with Crippen LogP contribution in [0, 0.1) is 11.8 Å². The molecule has 0 bridgehead atoms. The highest BCUT2D eigenvalue weighted by Crippen LogP contribution is 2.36. The van der Waals surface area contributed by atoms with Crippen molar-refractivity contribution in [1.29, 1.82) is 0 Å². The van der Waals surface area contributed by atoms with E-state index in [1.807, 2.05) is 12.4 Å². The summed E-state index contributed by atoms with van der Waals surface area (Å²) in [6.45, 7) is 1.91. The van der Waals surface area contributed by atoms with Crippen LogP contribution >= 0.6 is 0 Å². The molecule has 2 heterocycles. The summed E-state index contributed by atoms with van der Waals surface area (Å²) in [6, 6.07) is 1.39. The number of pyridine rings is 1. The Kier molecular flexibility index (Phi) is 4.29.